The highest BCUT2D eigenvalue weighted by atomic mass is 32.2. The van der Waals surface area contributed by atoms with Crippen molar-refractivity contribution in [2.75, 3.05) is 18.2 Å². The van der Waals surface area contributed by atoms with Crippen LogP contribution in [0.25, 0.3) is 5.69 Å². The van der Waals surface area contributed by atoms with E-state index >= 15 is 0 Å². The van der Waals surface area contributed by atoms with Crippen molar-refractivity contribution in [1.82, 2.24) is 14.8 Å². The fraction of sp³-hybridized carbons (Fsp3) is 0.200. The predicted molar refractivity (Wildman–Crippen MR) is 136 cm³/mol. The first-order chi connectivity index (χ1) is 16.4. The number of anilines is 2. The highest BCUT2D eigenvalue weighted by Gasteiger charge is 2.18. The van der Waals surface area contributed by atoms with Crippen LogP contribution in [0, 0.1) is 20.8 Å². The number of Topliss-reactive ketones (excluding diaryl/α,β-unsaturated/α-hetero) is 1. The molecule has 4 rings (SSSR count). The topological polar surface area (TPSA) is 86.1 Å². The number of hydrogen-bond acceptors (Lipinski definition) is 8. The Morgan fingerprint density at radius 1 is 1.03 bits per heavy atom. The van der Waals surface area contributed by atoms with Crippen molar-refractivity contribution in [3.63, 3.8) is 0 Å². The summed E-state index contributed by atoms with van der Waals surface area (Å²) < 4.78 is 7.50. The number of esters is 1. The van der Waals surface area contributed by atoms with Crippen LogP contribution in [0.3, 0.4) is 0 Å². The maximum atomic E-state index is 13.0. The molecule has 174 valence electrons. The van der Waals surface area contributed by atoms with Gasteiger partial charge in [-0.25, -0.2) is 4.79 Å². The van der Waals surface area contributed by atoms with Crippen molar-refractivity contribution in [3.8, 4) is 5.69 Å². The summed E-state index contributed by atoms with van der Waals surface area (Å²) in [4.78, 5) is 24.7. The molecule has 34 heavy (non-hydrogen) atoms. The number of hydrogen-bond donors (Lipinski definition) is 1. The Hall–Kier alpha value is -3.43. The molecule has 0 radical (unpaired) electrons. The Morgan fingerprint density at radius 2 is 1.74 bits per heavy atom. The van der Waals surface area contributed by atoms with Gasteiger partial charge in [-0.05, 0) is 63.2 Å². The van der Waals surface area contributed by atoms with Gasteiger partial charge in [0.15, 0.2) is 10.1 Å². The Kier molecular flexibility index (Phi) is 7.14. The molecular weight excluding hydrogens is 468 g/mol. The summed E-state index contributed by atoms with van der Waals surface area (Å²) in [7, 11) is 1.36. The molecule has 0 aliphatic carbocycles. The molecule has 0 bridgehead atoms. The number of carbonyl (C=O) groups excluding carboxylic acids is 2. The van der Waals surface area contributed by atoms with Crippen molar-refractivity contribution >= 4 is 45.7 Å². The molecule has 0 saturated heterocycles. The van der Waals surface area contributed by atoms with Crippen LogP contribution in [-0.2, 0) is 4.74 Å². The normalized spacial score (nSPS) is 10.8. The average Bonchev–Trinajstić information content (AvgIpc) is 3.41. The summed E-state index contributed by atoms with van der Waals surface area (Å²) in [6.07, 6.45) is 0. The monoisotopic (exact) mass is 492 g/mol. The SMILES string of the molecule is COC(=O)c1ccc(-n2c(C)cc(C(=O)CSc3nnc(Nc4ccc(C)cc4)s3)c2C)cc1. The summed E-state index contributed by atoms with van der Waals surface area (Å²) in [6.45, 7) is 5.92. The first kappa shape index (κ1) is 23.7. The van der Waals surface area contributed by atoms with Crippen molar-refractivity contribution < 1.29 is 14.3 Å². The Labute approximate surface area is 206 Å². The molecule has 0 spiro atoms. The Balaban J connectivity index is 1.43. The van der Waals surface area contributed by atoms with Gasteiger partial charge in [0, 0.05) is 28.3 Å². The second-order valence-corrected chi connectivity index (χ2v) is 9.93. The maximum absolute atomic E-state index is 13.0. The summed E-state index contributed by atoms with van der Waals surface area (Å²) in [5.41, 5.74) is 5.96. The number of thioether (sulfide) groups is 1. The molecule has 1 N–H and O–H groups in total. The number of rotatable bonds is 8. The summed E-state index contributed by atoms with van der Waals surface area (Å²) in [5.74, 6) is -0.0851. The van der Waals surface area contributed by atoms with E-state index in [9.17, 15) is 9.59 Å². The maximum Gasteiger partial charge on any atom is 0.337 e. The average molecular weight is 493 g/mol. The van der Waals surface area contributed by atoms with E-state index in [0.29, 0.717) is 16.3 Å². The predicted octanol–water partition coefficient (Wildman–Crippen LogP) is 5.76. The van der Waals surface area contributed by atoms with Crippen LogP contribution in [0.15, 0.2) is 58.9 Å². The third kappa shape index (κ3) is 5.21. The van der Waals surface area contributed by atoms with Crippen molar-refractivity contribution in [2.24, 2.45) is 0 Å². The van der Waals surface area contributed by atoms with E-state index in [1.54, 1.807) is 12.1 Å². The van der Waals surface area contributed by atoms with Gasteiger partial charge in [-0.3, -0.25) is 4.79 Å². The zero-order valence-corrected chi connectivity index (χ0v) is 20.9. The molecule has 0 aliphatic rings. The zero-order chi connectivity index (χ0) is 24.2. The Bertz CT molecular complexity index is 1330. The van der Waals surface area contributed by atoms with Crippen molar-refractivity contribution in [2.45, 2.75) is 25.1 Å². The van der Waals surface area contributed by atoms with Crippen LogP contribution in [0.4, 0.5) is 10.8 Å². The van der Waals surface area contributed by atoms with Crippen LogP contribution in [0.5, 0.6) is 0 Å². The van der Waals surface area contributed by atoms with Gasteiger partial charge in [0.1, 0.15) is 0 Å². The number of aryl methyl sites for hydroxylation is 2. The minimum absolute atomic E-state index is 0.0266. The number of nitrogens with zero attached hydrogens (tertiary/aromatic N) is 3. The lowest BCUT2D eigenvalue weighted by atomic mass is 10.2. The van der Waals surface area contributed by atoms with Crippen LogP contribution < -0.4 is 5.32 Å². The molecule has 7 nitrogen and oxygen atoms in total. The number of benzene rings is 2. The summed E-state index contributed by atoms with van der Waals surface area (Å²) >= 11 is 2.80. The highest BCUT2D eigenvalue weighted by molar-refractivity contribution is 8.01. The molecule has 0 amide bonds. The first-order valence-corrected chi connectivity index (χ1v) is 12.4. The van der Waals surface area contributed by atoms with E-state index in [1.807, 2.05) is 67.8 Å². The van der Waals surface area contributed by atoms with Gasteiger partial charge < -0.3 is 14.6 Å². The molecular formula is C25H24N4O3S2. The van der Waals surface area contributed by atoms with Crippen LogP contribution in [-0.4, -0.2) is 39.4 Å². The number of aromatic nitrogens is 3. The van der Waals surface area contributed by atoms with E-state index in [2.05, 4.69) is 15.5 Å². The molecule has 0 aliphatic heterocycles. The van der Waals surface area contributed by atoms with Gasteiger partial charge in [0.05, 0.1) is 18.4 Å². The minimum Gasteiger partial charge on any atom is -0.465 e. The quantitative estimate of drug-likeness (QED) is 0.190. The molecule has 2 heterocycles. The second-order valence-electron chi connectivity index (χ2n) is 7.73. The summed E-state index contributed by atoms with van der Waals surface area (Å²) in [5, 5.41) is 12.3. The molecule has 9 heteroatoms. The molecule has 0 fully saturated rings. The lowest BCUT2D eigenvalue weighted by Gasteiger charge is -2.10. The molecule has 0 saturated carbocycles. The highest BCUT2D eigenvalue weighted by Crippen LogP contribution is 2.29. The fourth-order valence-electron chi connectivity index (χ4n) is 3.59. The van der Waals surface area contributed by atoms with Crippen LogP contribution in [0.1, 0.15) is 37.7 Å². The third-order valence-corrected chi connectivity index (χ3v) is 7.29. The fourth-order valence-corrected chi connectivity index (χ4v) is 5.25. The van der Waals surface area contributed by atoms with E-state index < -0.39 is 0 Å². The van der Waals surface area contributed by atoms with Gasteiger partial charge >= 0.3 is 5.97 Å². The number of nitrogens with one attached hydrogen (secondary N) is 1. The molecule has 2 aromatic heterocycles. The molecule has 0 atom stereocenters. The van der Waals surface area contributed by atoms with Gasteiger partial charge in [-0.2, -0.15) is 0 Å². The third-order valence-electron chi connectivity index (χ3n) is 5.31. The Morgan fingerprint density at radius 3 is 2.41 bits per heavy atom. The van der Waals surface area contributed by atoms with Gasteiger partial charge in [0.2, 0.25) is 5.13 Å². The van der Waals surface area contributed by atoms with Gasteiger partial charge in [0.25, 0.3) is 0 Å². The first-order valence-electron chi connectivity index (χ1n) is 10.6. The smallest absolute Gasteiger partial charge is 0.337 e. The number of methoxy groups -OCH3 is 1. The van der Waals surface area contributed by atoms with E-state index in [-0.39, 0.29) is 17.5 Å². The molecule has 2 aromatic carbocycles. The lowest BCUT2D eigenvalue weighted by Crippen LogP contribution is -2.06. The second kappa shape index (κ2) is 10.2. The van der Waals surface area contributed by atoms with Crippen molar-refractivity contribution in [1.29, 1.82) is 0 Å². The van der Waals surface area contributed by atoms with Crippen LogP contribution in [0.2, 0.25) is 0 Å². The molecule has 0 unspecified atom stereocenters. The van der Waals surface area contributed by atoms with E-state index in [0.717, 1.165) is 27.1 Å². The number of carbonyl (C=O) groups is 2. The minimum atomic E-state index is -0.380. The van der Waals surface area contributed by atoms with E-state index in [4.69, 9.17) is 4.74 Å². The van der Waals surface area contributed by atoms with Gasteiger partial charge in [-0.15, -0.1) is 10.2 Å². The number of ether oxygens (including phenoxy) is 1. The largest absolute Gasteiger partial charge is 0.465 e. The summed E-state index contributed by atoms with van der Waals surface area (Å²) in [6, 6.07) is 17.1. The molecule has 4 aromatic rings. The lowest BCUT2D eigenvalue weighted by molar-refractivity contribution is 0.0600. The standard InChI is InChI=1S/C25H24N4O3S2/c1-15-5-9-19(10-6-15)26-24-27-28-25(34-24)33-14-22(30)21-13-16(2)29(17(21)3)20-11-7-18(8-12-20)23(31)32-4/h5-13H,14H2,1-4H3,(H,26,27). The van der Waals surface area contributed by atoms with Crippen LogP contribution >= 0.6 is 23.1 Å². The number of ketones is 1. The van der Waals surface area contributed by atoms with Gasteiger partial charge in [-0.1, -0.05) is 40.8 Å². The van der Waals surface area contributed by atoms with E-state index in [1.165, 1.54) is 35.8 Å². The van der Waals surface area contributed by atoms with Crippen molar-refractivity contribution in [3.05, 3.63) is 82.7 Å². The zero-order valence-electron chi connectivity index (χ0n) is 19.3.